The lowest BCUT2D eigenvalue weighted by Gasteiger charge is -2.24. The Labute approximate surface area is 125 Å². The number of hydrogen-bond donors (Lipinski definition) is 0. The molecule has 6 heteroatoms. The van der Waals surface area contributed by atoms with Crippen LogP contribution in [0.3, 0.4) is 0 Å². The van der Waals surface area contributed by atoms with Gasteiger partial charge in [-0.3, -0.25) is 14.0 Å². The summed E-state index contributed by atoms with van der Waals surface area (Å²) in [6, 6.07) is 5.76. The Morgan fingerprint density at radius 1 is 1.48 bits per heavy atom. The van der Waals surface area contributed by atoms with E-state index in [1.165, 1.54) is 17.0 Å². The smallest absolute Gasteiger partial charge is 0.256 e. The number of amides is 1. The van der Waals surface area contributed by atoms with E-state index < -0.39 is 16.6 Å². The van der Waals surface area contributed by atoms with Crippen LogP contribution in [0.1, 0.15) is 17.3 Å². The molecule has 2 aromatic rings. The Morgan fingerprint density at radius 3 is 2.86 bits per heavy atom. The third-order valence-corrected chi connectivity index (χ3v) is 4.31. The molecule has 0 saturated carbocycles. The van der Waals surface area contributed by atoms with Crippen molar-refractivity contribution in [3.05, 3.63) is 41.8 Å². The Morgan fingerprint density at radius 2 is 2.19 bits per heavy atom. The second kappa shape index (κ2) is 6.30. The minimum Gasteiger partial charge on any atom is -0.338 e. The molecule has 0 aliphatic heterocycles. The molecule has 0 aliphatic carbocycles. The van der Waals surface area contributed by atoms with Gasteiger partial charge in [0.1, 0.15) is 5.82 Å². The third kappa shape index (κ3) is 3.44. The first-order valence-electron chi connectivity index (χ1n) is 6.51. The molecular weight excluding hydrogens is 291 g/mol. The van der Waals surface area contributed by atoms with Crippen LogP contribution in [0.25, 0.3) is 10.9 Å². The van der Waals surface area contributed by atoms with Gasteiger partial charge in [-0.25, -0.2) is 4.39 Å². The molecule has 4 nitrogen and oxygen atoms in total. The number of halogens is 1. The van der Waals surface area contributed by atoms with Gasteiger partial charge < -0.3 is 4.90 Å². The topological polar surface area (TPSA) is 50.3 Å². The molecular formula is C15H17FN2O2S. The van der Waals surface area contributed by atoms with E-state index >= 15 is 0 Å². The van der Waals surface area contributed by atoms with Gasteiger partial charge in [0.25, 0.3) is 5.91 Å². The molecule has 0 spiro atoms. The lowest BCUT2D eigenvalue weighted by Crippen LogP contribution is -2.38. The van der Waals surface area contributed by atoms with Gasteiger partial charge in [-0.2, -0.15) is 0 Å². The summed E-state index contributed by atoms with van der Waals surface area (Å²) in [6.45, 7) is 1.81. The fraction of sp³-hybridized carbons (Fsp3) is 0.333. The van der Waals surface area contributed by atoms with Crippen molar-refractivity contribution in [2.45, 2.75) is 13.0 Å². The monoisotopic (exact) mass is 308 g/mol. The van der Waals surface area contributed by atoms with Crippen LogP contribution in [0.4, 0.5) is 4.39 Å². The number of carbonyl (C=O) groups excluding carboxylic acids is 1. The first-order chi connectivity index (χ1) is 9.90. The molecule has 2 rings (SSSR count). The minimum absolute atomic E-state index is 0.203. The van der Waals surface area contributed by atoms with Crippen LogP contribution in [0.15, 0.2) is 30.5 Å². The van der Waals surface area contributed by atoms with E-state index in [9.17, 15) is 13.4 Å². The fourth-order valence-corrected chi connectivity index (χ4v) is 3.06. The van der Waals surface area contributed by atoms with Crippen LogP contribution in [0.5, 0.6) is 0 Å². The van der Waals surface area contributed by atoms with Gasteiger partial charge in [0.05, 0.1) is 11.1 Å². The van der Waals surface area contributed by atoms with Gasteiger partial charge in [-0.15, -0.1) is 0 Å². The van der Waals surface area contributed by atoms with E-state index in [1.807, 2.05) is 6.92 Å². The second-order valence-corrected chi connectivity index (χ2v) is 6.51. The highest BCUT2D eigenvalue weighted by Crippen LogP contribution is 2.20. The molecule has 0 bridgehead atoms. The summed E-state index contributed by atoms with van der Waals surface area (Å²) in [6.07, 6.45) is 3.16. The standard InChI is InChI=1S/C15H17FN2O2S/c1-10(9-21(3)20)18(2)15(19)13-8-12(16)7-11-5-4-6-17-14(11)13/h4-8,10H,9H2,1-3H3/t10-,21-/m0/s1. The first-order valence-corrected chi connectivity index (χ1v) is 8.24. The quantitative estimate of drug-likeness (QED) is 0.870. The summed E-state index contributed by atoms with van der Waals surface area (Å²) < 4.78 is 25.0. The fourth-order valence-electron chi connectivity index (χ4n) is 2.16. The number of fused-ring (bicyclic) bond motifs is 1. The molecule has 21 heavy (non-hydrogen) atoms. The van der Waals surface area contributed by atoms with E-state index in [1.54, 1.807) is 31.6 Å². The summed E-state index contributed by atoms with van der Waals surface area (Å²) in [5.41, 5.74) is 0.697. The predicted octanol–water partition coefficient (Wildman–Crippen LogP) is 2.21. The summed E-state index contributed by atoms with van der Waals surface area (Å²) >= 11 is 0. The largest absolute Gasteiger partial charge is 0.338 e. The van der Waals surface area contributed by atoms with Crippen molar-refractivity contribution in [3.63, 3.8) is 0 Å². The van der Waals surface area contributed by atoms with Crippen LogP contribution in [-0.2, 0) is 10.8 Å². The Hall–Kier alpha value is -1.82. The lowest BCUT2D eigenvalue weighted by molar-refractivity contribution is 0.0758. The highest BCUT2D eigenvalue weighted by atomic mass is 32.2. The zero-order chi connectivity index (χ0) is 15.6. The summed E-state index contributed by atoms with van der Waals surface area (Å²) in [4.78, 5) is 18.2. The van der Waals surface area contributed by atoms with Crippen molar-refractivity contribution >= 4 is 27.6 Å². The van der Waals surface area contributed by atoms with Crippen molar-refractivity contribution in [1.82, 2.24) is 9.88 Å². The molecule has 0 aliphatic rings. The van der Waals surface area contributed by atoms with E-state index in [0.717, 1.165) is 0 Å². The first kappa shape index (κ1) is 15.6. The predicted molar refractivity (Wildman–Crippen MR) is 82.2 cm³/mol. The molecule has 2 atom stereocenters. The zero-order valence-corrected chi connectivity index (χ0v) is 13.0. The number of nitrogens with zero attached hydrogens (tertiary/aromatic N) is 2. The normalized spacial score (nSPS) is 13.9. The number of pyridine rings is 1. The summed E-state index contributed by atoms with van der Waals surface area (Å²) in [5, 5.41) is 0.584. The molecule has 0 fully saturated rings. The molecule has 1 aromatic heterocycles. The Balaban J connectivity index is 2.41. The van der Waals surface area contributed by atoms with Crippen molar-refractivity contribution in [2.24, 2.45) is 0 Å². The van der Waals surface area contributed by atoms with E-state index in [4.69, 9.17) is 0 Å². The van der Waals surface area contributed by atoms with E-state index in [0.29, 0.717) is 16.7 Å². The average molecular weight is 308 g/mol. The van der Waals surface area contributed by atoms with Gasteiger partial charge in [-0.1, -0.05) is 6.07 Å². The molecule has 0 radical (unpaired) electrons. The Kier molecular flexibility index (Phi) is 4.67. The molecule has 1 amide bonds. The van der Waals surface area contributed by atoms with Crippen molar-refractivity contribution in [3.8, 4) is 0 Å². The molecule has 112 valence electrons. The number of carbonyl (C=O) groups is 1. The van der Waals surface area contributed by atoms with Gasteiger partial charge >= 0.3 is 0 Å². The zero-order valence-electron chi connectivity index (χ0n) is 12.2. The lowest BCUT2D eigenvalue weighted by atomic mass is 10.1. The van der Waals surface area contributed by atoms with Crippen molar-refractivity contribution in [1.29, 1.82) is 0 Å². The van der Waals surface area contributed by atoms with Gasteiger partial charge in [-0.05, 0) is 25.1 Å². The highest BCUT2D eigenvalue weighted by Gasteiger charge is 2.21. The van der Waals surface area contributed by atoms with Crippen LogP contribution >= 0.6 is 0 Å². The van der Waals surface area contributed by atoms with Crippen LogP contribution in [-0.4, -0.2) is 45.1 Å². The van der Waals surface area contributed by atoms with E-state index in [-0.39, 0.29) is 17.5 Å². The molecule has 0 unspecified atom stereocenters. The molecule has 0 saturated heterocycles. The number of benzene rings is 1. The van der Waals surface area contributed by atoms with Gasteiger partial charge in [0.15, 0.2) is 0 Å². The summed E-state index contributed by atoms with van der Waals surface area (Å²) in [7, 11) is 0.620. The third-order valence-electron chi connectivity index (χ3n) is 3.36. The maximum atomic E-state index is 13.7. The second-order valence-electron chi connectivity index (χ2n) is 5.03. The van der Waals surface area contributed by atoms with Crippen LogP contribution < -0.4 is 0 Å². The van der Waals surface area contributed by atoms with Crippen LogP contribution in [0.2, 0.25) is 0 Å². The van der Waals surface area contributed by atoms with Crippen molar-refractivity contribution in [2.75, 3.05) is 19.1 Å². The van der Waals surface area contributed by atoms with Crippen LogP contribution in [0, 0.1) is 5.82 Å². The molecule has 1 aromatic carbocycles. The number of aromatic nitrogens is 1. The SMILES string of the molecule is C[C@@H](C[S@](C)=O)N(C)C(=O)c1cc(F)cc2cccnc12. The Bertz CT molecular complexity index is 705. The van der Waals surface area contributed by atoms with Crippen molar-refractivity contribution < 1.29 is 13.4 Å². The van der Waals surface area contributed by atoms with Gasteiger partial charge in [0, 0.05) is 47.5 Å². The maximum Gasteiger partial charge on any atom is 0.256 e. The minimum atomic E-state index is -1.00. The highest BCUT2D eigenvalue weighted by molar-refractivity contribution is 7.84. The van der Waals surface area contributed by atoms with E-state index in [2.05, 4.69) is 4.98 Å². The van der Waals surface area contributed by atoms with Gasteiger partial charge in [0.2, 0.25) is 0 Å². The molecule has 0 N–H and O–H groups in total. The maximum absolute atomic E-state index is 13.7. The summed E-state index contributed by atoms with van der Waals surface area (Å²) in [5.74, 6) is -0.418. The number of hydrogen-bond acceptors (Lipinski definition) is 3. The molecule has 1 heterocycles. The number of rotatable bonds is 4. The average Bonchev–Trinajstić information content (AvgIpc) is 2.44.